The van der Waals surface area contributed by atoms with Crippen LogP contribution in [0.1, 0.15) is 36.2 Å². The maximum Gasteiger partial charge on any atom is 0.257 e. The summed E-state index contributed by atoms with van der Waals surface area (Å²) in [5.74, 6) is 1.67. The molecule has 0 radical (unpaired) electrons. The summed E-state index contributed by atoms with van der Waals surface area (Å²) in [6, 6.07) is 12.3. The van der Waals surface area contributed by atoms with Gasteiger partial charge in [0, 0.05) is 17.1 Å². The van der Waals surface area contributed by atoms with Crippen molar-refractivity contribution in [1.29, 1.82) is 0 Å². The van der Waals surface area contributed by atoms with Gasteiger partial charge in [0.25, 0.3) is 5.91 Å². The van der Waals surface area contributed by atoms with Gasteiger partial charge in [0.05, 0.1) is 13.7 Å². The Morgan fingerprint density at radius 3 is 2.50 bits per heavy atom. The van der Waals surface area contributed by atoms with E-state index in [-0.39, 0.29) is 11.0 Å². The van der Waals surface area contributed by atoms with E-state index in [9.17, 15) is 4.79 Å². The van der Waals surface area contributed by atoms with E-state index in [1.54, 1.807) is 31.4 Å². The van der Waals surface area contributed by atoms with E-state index in [1.165, 1.54) is 0 Å². The Bertz CT molecular complexity index is 810. The zero-order chi connectivity index (χ0) is 20.5. The number of benzene rings is 2. The van der Waals surface area contributed by atoms with Crippen molar-refractivity contribution in [2.24, 2.45) is 5.92 Å². The molecular formula is C21H25ClN2O3S. The van der Waals surface area contributed by atoms with Crippen LogP contribution in [0.5, 0.6) is 11.5 Å². The minimum atomic E-state index is -0.291. The van der Waals surface area contributed by atoms with Crippen LogP contribution < -0.4 is 20.1 Å². The molecule has 1 amide bonds. The van der Waals surface area contributed by atoms with Gasteiger partial charge in [-0.1, -0.05) is 31.5 Å². The van der Waals surface area contributed by atoms with Gasteiger partial charge in [-0.3, -0.25) is 10.1 Å². The highest BCUT2D eigenvalue weighted by Crippen LogP contribution is 2.28. The van der Waals surface area contributed by atoms with E-state index in [1.807, 2.05) is 18.2 Å². The average Bonchev–Trinajstić information content (AvgIpc) is 2.67. The van der Waals surface area contributed by atoms with Crippen molar-refractivity contribution in [2.75, 3.05) is 13.7 Å². The second-order valence-corrected chi connectivity index (χ2v) is 7.50. The van der Waals surface area contributed by atoms with Crippen molar-refractivity contribution in [1.82, 2.24) is 10.6 Å². The molecule has 0 fully saturated rings. The lowest BCUT2D eigenvalue weighted by molar-refractivity contribution is 0.0976. The minimum Gasteiger partial charge on any atom is -0.493 e. The van der Waals surface area contributed by atoms with Gasteiger partial charge in [0.2, 0.25) is 0 Å². The lowest BCUT2D eigenvalue weighted by Crippen LogP contribution is -2.38. The first-order chi connectivity index (χ1) is 13.4. The minimum absolute atomic E-state index is 0.246. The number of halogens is 1. The molecule has 7 heteroatoms. The summed E-state index contributed by atoms with van der Waals surface area (Å²) in [6.07, 6.45) is 0.980. The monoisotopic (exact) mass is 420 g/mol. The second-order valence-electron chi connectivity index (χ2n) is 6.66. The Hall–Kier alpha value is -2.31. The topological polar surface area (TPSA) is 59.6 Å². The molecule has 2 aromatic carbocycles. The van der Waals surface area contributed by atoms with Gasteiger partial charge in [-0.05, 0) is 66.5 Å². The van der Waals surface area contributed by atoms with Crippen molar-refractivity contribution < 1.29 is 14.3 Å². The third kappa shape index (κ3) is 7.02. The summed E-state index contributed by atoms with van der Waals surface area (Å²) in [6.45, 7) is 5.41. The first kappa shape index (κ1) is 22.0. The second kappa shape index (κ2) is 10.9. The average molecular weight is 421 g/mol. The molecule has 0 heterocycles. The summed E-state index contributed by atoms with van der Waals surface area (Å²) in [7, 11) is 1.61. The molecular weight excluding hydrogens is 396 g/mol. The van der Waals surface area contributed by atoms with Crippen molar-refractivity contribution in [3.8, 4) is 11.5 Å². The Labute approximate surface area is 176 Å². The summed E-state index contributed by atoms with van der Waals surface area (Å²) >= 11 is 11.0. The Morgan fingerprint density at radius 1 is 1.14 bits per heavy atom. The molecule has 0 aliphatic rings. The number of rotatable bonds is 8. The third-order valence-electron chi connectivity index (χ3n) is 3.97. The van der Waals surface area contributed by atoms with Crippen LogP contribution in [-0.4, -0.2) is 24.7 Å². The normalized spacial score (nSPS) is 10.5. The molecule has 0 saturated carbocycles. The fourth-order valence-electron chi connectivity index (χ4n) is 2.35. The molecule has 0 spiro atoms. The van der Waals surface area contributed by atoms with Gasteiger partial charge in [0.15, 0.2) is 16.6 Å². The predicted molar refractivity (Wildman–Crippen MR) is 116 cm³/mol. The van der Waals surface area contributed by atoms with E-state index < -0.39 is 0 Å². The maximum absolute atomic E-state index is 12.2. The van der Waals surface area contributed by atoms with Crippen LogP contribution in [0.25, 0.3) is 0 Å². The van der Waals surface area contributed by atoms with E-state index in [4.69, 9.17) is 33.3 Å². The maximum atomic E-state index is 12.2. The molecule has 0 aliphatic heterocycles. The van der Waals surface area contributed by atoms with Crippen LogP contribution >= 0.6 is 23.8 Å². The molecule has 5 nitrogen and oxygen atoms in total. The van der Waals surface area contributed by atoms with Gasteiger partial charge >= 0.3 is 0 Å². The van der Waals surface area contributed by atoms with Crippen molar-refractivity contribution >= 4 is 34.8 Å². The molecule has 0 aromatic heterocycles. The lowest BCUT2D eigenvalue weighted by atomic mass is 10.1. The summed E-state index contributed by atoms with van der Waals surface area (Å²) in [4.78, 5) is 12.2. The standard InChI is InChI=1S/C21H25ClN2O3S/c1-14(2)10-11-27-18-9-4-15(12-19(18)26-3)13-23-21(28)24-20(25)16-5-7-17(22)8-6-16/h4-9,12,14H,10-11,13H2,1-3H3,(H2,23,24,25,28). The number of amides is 1. The molecule has 2 N–H and O–H groups in total. The number of hydrogen-bond donors (Lipinski definition) is 2. The van der Waals surface area contributed by atoms with Crippen LogP contribution in [0, 0.1) is 5.92 Å². The fraction of sp³-hybridized carbons (Fsp3) is 0.333. The van der Waals surface area contributed by atoms with Crippen molar-refractivity contribution in [3.05, 3.63) is 58.6 Å². The smallest absolute Gasteiger partial charge is 0.257 e. The van der Waals surface area contributed by atoms with Crippen molar-refractivity contribution in [2.45, 2.75) is 26.8 Å². The summed E-state index contributed by atoms with van der Waals surface area (Å²) in [5.41, 5.74) is 1.44. The van der Waals surface area contributed by atoms with Crippen LogP contribution in [0.3, 0.4) is 0 Å². The van der Waals surface area contributed by atoms with Crippen LogP contribution in [0.15, 0.2) is 42.5 Å². The van der Waals surface area contributed by atoms with E-state index in [0.29, 0.717) is 41.2 Å². The molecule has 0 atom stereocenters. The predicted octanol–water partition coefficient (Wildman–Crippen LogP) is 4.58. The zero-order valence-electron chi connectivity index (χ0n) is 16.3. The van der Waals surface area contributed by atoms with Gasteiger partial charge in [-0.25, -0.2) is 0 Å². The van der Waals surface area contributed by atoms with Crippen LogP contribution in [-0.2, 0) is 6.54 Å². The largest absolute Gasteiger partial charge is 0.493 e. The summed E-state index contributed by atoms with van der Waals surface area (Å²) in [5, 5.41) is 6.48. The molecule has 150 valence electrons. The van der Waals surface area contributed by atoms with Gasteiger partial charge in [-0.2, -0.15) is 0 Å². The van der Waals surface area contributed by atoms with E-state index >= 15 is 0 Å². The van der Waals surface area contributed by atoms with Crippen LogP contribution in [0.2, 0.25) is 5.02 Å². The number of hydrogen-bond acceptors (Lipinski definition) is 4. The first-order valence-corrected chi connectivity index (χ1v) is 9.82. The van der Waals surface area contributed by atoms with Crippen molar-refractivity contribution in [3.63, 3.8) is 0 Å². The van der Waals surface area contributed by atoms with E-state index in [0.717, 1.165) is 12.0 Å². The number of nitrogens with one attached hydrogen (secondary N) is 2. The molecule has 0 saturated heterocycles. The molecule has 28 heavy (non-hydrogen) atoms. The van der Waals surface area contributed by atoms with E-state index in [2.05, 4.69) is 24.5 Å². The molecule has 0 unspecified atom stereocenters. The number of carbonyl (C=O) groups is 1. The SMILES string of the molecule is COc1cc(CNC(=S)NC(=O)c2ccc(Cl)cc2)ccc1OCCC(C)C. The third-order valence-corrected chi connectivity index (χ3v) is 4.47. The highest BCUT2D eigenvalue weighted by molar-refractivity contribution is 7.80. The first-order valence-electron chi connectivity index (χ1n) is 9.03. The number of thiocarbonyl (C=S) groups is 1. The number of carbonyl (C=O) groups excluding carboxylic acids is 1. The van der Waals surface area contributed by atoms with Crippen LogP contribution in [0.4, 0.5) is 0 Å². The number of methoxy groups -OCH3 is 1. The molecule has 2 rings (SSSR count). The Kier molecular flexibility index (Phi) is 8.54. The molecule has 0 bridgehead atoms. The number of ether oxygens (including phenoxy) is 2. The lowest BCUT2D eigenvalue weighted by Gasteiger charge is -2.14. The van der Waals surface area contributed by atoms with Gasteiger partial charge < -0.3 is 14.8 Å². The molecule has 2 aromatic rings. The zero-order valence-corrected chi connectivity index (χ0v) is 17.8. The Balaban J connectivity index is 1.88. The van der Waals surface area contributed by atoms with Gasteiger partial charge in [0.1, 0.15) is 0 Å². The Morgan fingerprint density at radius 2 is 1.86 bits per heavy atom. The molecule has 0 aliphatic carbocycles. The fourth-order valence-corrected chi connectivity index (χ4v) is 2.64. The van der Waals surface area contributed by atoms with Gasteiger partial charge in [-0.15, -0.1) is 0 Å². The highest BCUT2D eigenvalue weighted by atomic mass is 35.5. The summed E-state index contributed by atoms with van der Waals surface area (Å²) < 4.78 is 11.2. The highest BCUT2D eigenvalue weighted by Gasteiger charge is 2.09. The quantitative estimate of drug-likeness (QED) is 0.612.